The van der Waals surface area contributed by atoms with Crippen molar-refractivity contribution >= 4 is 40.2 Å². The number of thiocarbonyl (C=S) groups is 1. The number of imidazole rings is 1. The lowest BCUT2D eigenvalue weighted by molar-refractivity contribution is 0.0977. The topological polar surface area (TPSA) is 71.8 Å². The third-order valence-corrected chi connectivity index (χ3v) is 3.37. The van der Waals surface area contributed by atoms with E-state index in [9.17, 15) is 4.79 Å². The number of hydrogen-bond donors (Lipinski definition) is 2. The zero-order valence-electron chi connectivity index (χ0n) is 11.8. The Morgan fingerprint density at radius 2 is 2.05 bits per heavy atom. The minimum absolute atomic E-state index is 0.187. The number of hydrogen-bond acceptors (Lipinski definition) is 4. The average Bonchev–Trinajstić information content (AvgIpc) is 2.84. The number of anilines is 1. The van der Waals surface area contributed by atoms with Gasteiger partial charge in [-0.25, -0.2) is 4.98 Å². The molecule has 1 aromatic carbocycles. The maximum atomic E-state index is 12.0. The van der Waals surface area contributed by atoms with E-state index in [0.717, 1.165) is 11.0 Å². The summed E-state index contributed by atoms with van der Waals surface area (Å²) in [6, 6.07) is 11.1. The molecular formula is C15H13N5OS. The van der Waals surface area contributed by atoms with Gasteiger partial charge in [0, 0.05) is 19.4 Å². The Morgan fingerprint density at radius 1 is 1.23 bits per heavy atom. The van der Waals surface area contributed by atoms with Crippen LogP contribution in [0.4, 0.5) is 5.95 Å². The first-order chi connectivity index (χ1) is 10.6. The van der Waals surface area contributed by atoms with Gasteiger partial charge in [-0.2, -0.15) is 0 Å². The lowest BCUT2D eigenvalue weighted by Gasteiger charge is -2.09. The normalized spacial score (nSPS) is 10.4. The van der Waals surface area contributed by atoms with Gasteiger partial charge in [0.1, 0.15) is 0 Å². The van der Waals surface area contributed by atoms with Gasteiger partial charge in [0.2, 0.25) is 5.95 Å². The molecule has 0 saturated carbocycles. The molecule has 22 heavy (non-hydrogen) atoms. The molecule has 0 aliphatic carbocycles. The third-order valence-electron chi connectivity index (χ3n) is 3.16. The van der Waals surface area contributed by atoms with E-state index in [4.69, 9.17) is 12.2 Å². The minimum Gasteiger partial charge on any atom is -0.313 e. The van der Waals surface area contributed by atoms with Crippen LogP contribution >= 0.6 is 12.2 Å². The molecule has 2 N–H and O–H groups in total. The second-order valence-electron chi connectivity index (χ2n) is 4.63. The fraction of sp³-hybridized carbons (Fsp3) is 0.0667. The summed E-state index contributed by atoms with van der Waals surface area (Å²) in [6.45, 7) is 0. The van der Waals surface area contributed by atoms with Crippen molar-refractivity contribution in [3.8, 4) is 0 Å². The number of aromatic nitrogens is 3. The van der Waals surface area contributed by atoms with Crippen molar-refractivity contribution < 1.29 is 4.79 Å². The molecule has 0 spiro atoms. The standard InChI is InChI=1S/C15H13N5OS/c1-20-12-7-3-2-6-11(12)17-14(20)19-15(22)18-13(21)10-5-4-8-16-9-10/h2-9H,1H3,(H2,17,18,19,21,22). The Kier molecular flexibility index (Phi) is 3.80. The summed E-state index contributed by atoms with van der Waals surface area (Å²) in [5.41, 5.74) is 2.27. The van der Waals surface area contributed by atoms with Crippen LogP contribution in [0.5, 0.6) is 0 Å². The van der Waals surface area contributed by atoms with Crippen LogP contribution < -0.4 is 10.6 Å². The van der Waals surface area contributed by atoms with Crippen LogP contribution in [0.25, 0.3) is 11.0 Å². The average molecular weight is 311 g/mol. The molecule has 0 unspecified atom stereocenters. The Hall–Kier alpha value is -2.80. The Balaban J connectivity index is 1.73. The Bertz CT molecular complexity index is 844. The van der Waals surface area contributed by atoms with Crippen molar-refractivity contribution in [3.63, 3.8) is 0 Å². The van der Waals surface area contributed by atoms with Crippen LogP contribution in [0.3, 0.4) is 0 Å². The number of carbonyl (C=O) groups is 1. The predicted octanol–water partition coefficient (Wildman–Crippen LogP) is 2.10. The van der Waals surface area contributed by atoms with Gasteiger partial charge in [-0.1, -0.05) is 12.1 Å². The molecule has 6 nitrogen and oxygen atoms in total. The summed E-state index contributed by atoms with van der Waals surface area (Å²) in [7, 11) is 1.88. The number of nitrogens with zero attached hydrogens (tertiary/aromatic N) is 3. The molecule has 0 saturated heterocycles. The van der Waals surface area contributed by atoms with Crippen LogP contribution in [0.15, 0.2) is 48.8 Å². The van der Waals surface area contributed by atoms with E-state index in [-0.39, 0.29) is 11.0 Å². The van der Waals surface area contributed by atoms with E-state index in [1.165, 1.54) is 6.20 Å². The molecule has 1 amide bonds. The number of rotatable bonds is 2. The summed E-state index contributed by atoms with van der Waals surface area (Å²) in [4.78, 5) is 20.3. The van der Waals surface area contributed by atoms with Crippen LogP contribution in [-0.2, 0) is 7.05 Å². The zero-order chi connectivity index (χ0) is 15.5. The fourth-order valence-corrected chi connectivity index (χ4v) is 2.25. The van der Waals surface area contributed by atoms with Crippen molar-refractivity contribution in [1.29, 1.82) is 0 Å². The lowest BCUT2D eigenvalue weighted by Crippen LogP contribution is -2.34. The monoisotopic (exact) mass is 311 g/mol. The van der Waals surface area contributed by atoms with Gasteiger partial charge in [0.15, 0.2) is 5.11 Å². The summed E-state index contributed by atoms with van der Waals surface area (Å²) in [5.74, 6) is 0.252. The molecule has 0 atom stereocenters. The molecule has 0 radical (unpaired) electrons. The fourth-order valence-electron chi connectivity index (χ4n) is 2.06. The van der Waals surface area contributed by atoms with Crippen molar-refractivity contribution in [1.82, 2.24) is 19.9 Å². The summed E-state index contributed by atoms with van der Waals surface area (Å²) >= 11 is 5.16. The van der Waals surface area contributed by atoms with Gasteiger partial charge < -0.3 is 9.88 Å². The first-order valence-corrected chi connectivity index (χ1v) is 7.00. The molecule has 2 aromatic heterocycles. The van der Waals surface area contributed by atoms with Crippen molar-refractivity contribution in [2.75, 3.05) is 5.32 Å². The highest BCUT2D eigenvalue weighted by molar-refractivity contribution is 7.80. The summed E-state index contributed by atoms with van der Waals surface area (Å²) < 4.78 is 1.87. The number of aryl methyl sites for hydroxylation is 1. The Morgan fingerprint density at radius 3 is 2.77 bits per heavy atom. The van der Waals surface area contributed by atoms with Gasteiger partial charge in [-0.3, -0.25) is 15.1 Å². The molecule has 0 bridgehead atoms. The maximum absolute atomic E-state index is 12.0. The third kappa shape index (κ3) is 2.79. The predicted molar refractivity (Wildman–Crippen MR) is 88.6 cm³/mol. The molecule has 2 heterocycles. The SMILES string of the molecule is Cn1c(NC(=S)NC(=O)c2cccnc2)nc2ccccc21. The van der Waals surface area contributed by atoms with E-state index in [1.54, 1.807) is 18.3 Å². The van der Waals surface area contributed by atoms with E-state index in [2.05, 4.69) is 20.6 Å². The second-order valence-corrected chi connectivity index (χ2v) is 5.04. The number of fused-ring (bicyclic) bond motifs is 1. The first-order valence-electron chi connectivity index (χ1n) is 6.59. The van der Waals surface area contributed by atoms with Crippen LogP contribution in [-0.4, -0.2) is 25.6 Å². The highest BCUT2D eigenvalue weighted by Gasteiger charge is 2.11. The molecule has 3 aromatic rings. The Labute approximate surface area is 132 Å². The van der Waals surface area contributed by atoms with Crippen LogP contribution in [0, 0.1) is 0 Å². The smallest absolute Gasteiger partial charge is 0.258 e. The highest BCUT2D eigenvalue weighted by atomic mass is 32.1. The van der Waals surface area contributed by atoms with E-state index in [1.807, 2.05) is 35.9 Å². The van der Waals surface area contributed by atoms with E-state index < -0.39 is 0 Å². The van der Waals surface area contributed by atoms with E-state index >= 15 is 0 Å². The number of nitrogens with one attached hydrogen (secondary N) is 2. The summed E-state index contributed by atoms with van der Waals surface area (Å²) in [6.07, 6.45) is 3.08. The van der Waals surface area contributed by atoms with E-state index in [0.29, 0.717) is 11.5 Å². The molecule has 0 fully saturated rings. The number of amides is 1. The summed E-state index contributed by atoms with van der Waals surface area (Å²) in [5, 5.41) is 5.72. The highest BCUT2D eigenvalue weighted by Crippen LogP contribution is 2.17. The van der Waals surface area contributed by atoms with Gasteiger partial charge in [0.05, 0.1) is 16.6 Å². The van der Waals surface area contributed by atoms with Crippen LogP contribution in [0.2, 0.25) is 0 Å². The molecule has 110 valence electrons. The van der Waals surface area contributed by atoms with Crippen molar-refractivity contribution in [3.05, 3.63) is 54.4 Å². The lowest BCUT2D eigenvalue weighted by atomic mass is 10.3. The first kappa shape index (κ1) is 14.2. The van der Waals surface area contributed by atoms with Crippen molar-refractivity contribution in [2.24, 2.45) is 7.05 Å². The molecule has 3 rings (SSSR count). The molecular weight excluding hydrogens is 298 g/mol. The largest absolute Gasteiger partial charge is 0.313 e. The molecule has 7 heteroatoms. The maximum Gasteiger partial charge on any atom is 0.258 e. The second kappa shape index (κ2) is 5.90. The van der Waals surface area contributed by atoms with Gasteiger partial charge in [-0.05, 0) is 36.5 Å². The zero-order valence-corrected chi connectivity index (χ0v) is 12.6. The van der Waals surface area contributed by atoms with Gasteiger partial charge in [0.25, 0.3) is 5.91 Å². The van der Waals surface area contributed by atoms with Gasteiger partial charge in [-0.15, -0.1) is 0 Å². The minimum atomic E-state index is -0.315. The molecule has 0 aliphatic rings. The van der Waals surface area contributed by atoms with Crippen LogP contribution in [0.1, 0.15) is 10.4 Å². The number of pyridine rings is 1. The molecule has 0 aliphatic heterocycles. The van der Waals surface area contributed by atoms with Gasteiger partial charge >= 0.3 is 0 Å². The van der Waals surface area contributed by atoms with Crippen molar-refractivity contribution in [2.45, 2.75) is 0 Å². The number of benzene rings is 1. The quantitative estimate of drug-likeness (QED) is 0.709. The number of para-hydroxylation sites is 2. The number of carbonyl (C=O) groups excluding carboxylic acids is 1.